The van der Waals surface area contributed by atoms with Crippen molar-refractivity contribution < 1.29 is 25.2 Å². The summed E-state index contributed by atoms with van der Waals surface area (Å²) in [6, 6.07) is -1.00. The number of nitrogens with one attached hydrogen (secondary N) is 1. The van der Waals surface area contributed by atoms with Crippen molar-refractivity contribution >= 4 is 5.91 Å². The Hall–Kier alpha value is -1.21. The van der Waals surface area contributed by atoms with E-state index in [9.17, 15) is 25.2 Å². The van der Waals surface area contributed by atoms with Gasteiger partial charge < -0.3 is 25.7 Å². The number of rotatable bonds is 44. The maximum Gasteiger partial charge on any atom is 0.249 e. The first-order valence-corrected chi connectivity index (χ1v) is 24.2. The molecule has 0 heterocycles. The molecule has 1 amide bonds. The number of amides is 1. The lowest BCUT2D eigenvalue weighted by molar-refractivity contribution is -0.132. The van der Waals surface area contributed by atoms with Crippen LogP contribution in [0.3, 0.4) is 0 Å². The molecule has 0 rings (SSSR count). The minimum Gasteiger partial charge on any atom is -0.394 e. The predicted molar refractivity (Wildman–Crippen MR) is 237 cm³/mol. The second-order valence-electron chi connectivity index (χ2n) is 16.8. The average molecular weight is 778 g/mol. The molecule has 4 atom stereocenters. The minimum atomic E-state index is -1.29. The smallest absolute Gasteiger partial charge is 0.249 e. The van der Waals surface area contributed by atoms with Gasteiger partial charge in [0.2, 0.25) is 5.91 Å². The van der Waals surface area contributed by atoms with E-state index >= 15 is 0 Å². The molecule has 0 radical (unpaired) electrons. The fourth-order valence-electron chi connectivity index (χ4n) is 7.54. The van der Waals surface area contributed by atoms with Crippen molar-refractivity contribution in [1.82, 2.24) is 5.32 Å². The van der Waals surface area contributed by atoms with Gasteiger partial charge in [0.25, 0.3) is 0 Å². The van der Waals surface area contributed by atoms with Gasteiger partial charge in [0.1, 0.15) is 12.2 Å². The molecule has 6 heteroatoms. The summed E-state index contributed by atoms with van der Waals surface area (Å²) in [4.78, 5) is 12.5. The molecular weight excluding hydrogens is 683 g/mol. The van der Waals surface area contributed by atoms with Crippen molar-refractivity contribution in [3.63, 3.8) is 0 Å². The molecule has 0 bridgehead atoms. The molecule has 0 saturated heterocycles. The van der Waals surface area contributed by atoms with Crippen molar-refractivity contribution in [3.8, 4) is 0 Å². The number of carbonyl (C=O) groups excluding carboxylic acids is 1. The van der Waals surface area contributed by atoms with Gasteiger partial charge in [0, 0.05) is 0 Å². The van der Waals surface area contributed by atoms with Crippen LogP contribution in [0.5, 0.6) is 0 Å². The van der Waals surface area contributed by atoms with Crippen LogP contribution in [-0.4, -0.2) is 57.3 Å². The van der Waals surface area contributed by atoms with Crippen LogP contribution < -0.4 is 5.32 Å². The highest BCUT2D eigenvalue weighted by molar-refractivity contribution is 5.80. The normalized spacial score (nSPS) is 14.2. The third-order valence-electron chi connectivity index (χ3n) is 11.4. The van der Waals surface area contributed by atoms with Crippen LogP contribution >= 0.6 is 0 Å². The Morgan fingerprint density at radius 1 is 0.436 bits per heavy atom. The highest BCUT2D eigenvalue weighted by Crippen LogP contribution is 2.17. The van der Waals surface area contributed by atoms with E-state index in [0.717, 1.165) is 38.5 Å². The standard InChI is InChI=1S/C49H95NO5/c1-3-5-7-9-11-13-15-17-19-21-23-24-25-27-29-31-33-35-37-39-41-43-47(53)49(55)50-45(44-51)48(54)46(52)42-40-38-36-34-32-30-28-26-22-20-18-16-14-12-10-8-6-4-2/h26,28,34,36,45-48,51-54H,3-25,27,29-33,35,37-44H2,1-2H3,(H,50,55)/b28-26+,36-34+. The van der Waals surface area contributed by atoms with Gasteiger partial charge in [-0.3, -0.25) is 4.79 Å². The number of unbranched alkanes of at least 4 members (excludes halogenated alkanes) is 31. The van der Waals surface area contributed by atoms with E-state index in [1.54, 1.807) is 0 Å². The molecule has 0 aromatic carbocycles. The molecule has 0 aliphatic rings. The zero-order valence-corrected chi connectivity index (χ0v) is 36.7. The molecule has 0 fully saturated rings. The molecule has 5 N–H and O–H groups in total. The van der Waals surface area contributed by atoms with Gasteiger partial charge in [0.05, 0.1) is 18.8 Å². The summed E-state index contributed by atoms with van der Waals surface area (Å²) in [5.41, 5.74) is 0. The number of hydrogen-bond donors (Lipinski definition) is 5. The molecule has 4 unspecified atom stereocenters. The Morgan fingerprint density at radius 2 is 0.764 bits per heavy atom. The Morgan fingerprint density at radius 3 is 1.15 bits per heavy atom. The van der Waals surface area contributed by atoms with E-state index < -0.39 is 36.9 Å². The van der Waals surface area contributed by atoms with Gasteiger partial charge in [-0.15, -0.1) is 0 Å². The van der Waals surface area contributed by atoms with E-state index in [1.165, 1.54) is 180 Å². The Labute approximate surface area is 342 Å². The topological polar surface area (TPSA) is 110 Å². The highest BCUT2D eigenvalue weighted by Gasteiger charge is 2.28. The number of aliphatic hydroxyl groups is 4. The largest absolute Gasteiger partial charge is 0.394 e. The van der Waals surface area contributed by atoms with E-state index in [-0.39, 0.29) is 0 Å². The third-order valence-corrected chi connectivity index (χ3v) is 11.4. The fraction of sp³-hybridized carbons (Fsp3) is 0.898. The van der Waals surface area contributed by atoms with Gasteiger partial charge in [-0.1, -0.05) is 224 Å². The molecule has 55 heavy (non-hydrogen) atoms. The second-order valence-corrected chi connectivity index (χ2v) is 16.8. The Kier molecular flexibility index (Phi) is 42.9. The molecule has 0 spiro atoms. The first kappa shape index (κ1) is 53.8. The summed E-state index contributed by atoms with van der Waals surface area (Å²) < 4.78 is 0. The Bertz CT molecular complexity index is 832. The minimum absolute atomic E-state index is 0.364. The monoisotopic (exact) mass is 778 g/mol. The lowest BCUT2D eigenvalue weighted by Gasteiger charge is -2.27. The summed E-state index contributed by atoms with van der Waals surface area (Å²) in [6.07, 6.45) is 50.8. The van der Waals surface area contributed by atoms with Crippen LogP contribution in [0.25, 0.3) is 0 Å². The maximum atomic E-state index is 12.5. The average Bonchev–Trinajstić information content (AvgIpc) is 3.19. The molecule has 0 aromatic heterocycles. The van der Waals surface area contributed by atoms with Gasteiger partial charge in [-0.25, -0.2) is 0 Å². The highest BCUT2D eigenvalue weighted by atomic mass is 16.3. The number of aliphatic hydroxyl groups excluding tert-OH is 4. The van der Waals surface area contributed by atoms with Crippen LogP contribution in [-0.2, 0) is 4.79 Å². The van der Waals surface area contributed by atoms with E-state index in [0.29, 0.717) is 19.3 Å². The molecular formula is C49H95NO5. The summed E-state index contributed by atoms with van der Waals surface area (Å²) in [6.45, 7) is 4.05. The van der Waals surface area contributed by atoms with Gasteiger partial charge in [-0.05, 0) is 51.4 Å². The zero-order valence-electron chi connectivity index (χ0n) is 36.7. The van der Waals surface area contributed by atoms with Crippen LogP contribution in [0.1, 0.15) is 251 Å². The quantitative estimate of drug-likeness (QED) is 0.0313. The predicted octanol–water partition coefficient (Wildman–Crippen LogP) is 13.1. The van der Waals surface area contributed by atoms with Crippen molar-refractivity contribution in [1.29, 1.82) is 0 Å². The summed E-state index contributed by atoms with van der Waals surface area (Å²) in [5, 5.41) is 43.8. The van der Waals surface area contributed by atoms with Gasteiger partial charge in [-0.2, -0.15) is 0 Å². The SMILES string of the molecule is CCCCCCCCCCC/C=C/CC/C=C/CCCC(O)C(O)C(CO)NC(=O)C(O)CCCCCCCCCCCCCCCCCCCCCCC. The molecule has 0 saturated carbocycles. The Balaban J connectivity index is 3.73. The van der Waals surface area contributed by atoms with Gasteiger partial charge >= 0.3 is 0 Å². The molecule has 6 nitrogen and oxygen atoms in total. The zero-order chi connectivity index (χ0) is 40.3. The summed E-state index contributed by atoms with van der Waals surface area (Å²) in [7, 11) is 0. The van der Waals surface area contributed by atoms with E-state index in [1.807, 2.05) is 0 Å². The van der Waals surface area contributed by atoms with Crippen LogP contribution in [0.4, 0.5) is 0 Å². The summed E-state index contributed by atoms with van der Waals surface area (Å²) >= 11 is 0. The van der Waals surface area contributed by atoms with Crippen LogP contribution in [0.2, 0.25) is 0 Å². The number of allylic oxidation sites excluding steroid dienone is 4. The van der Waals surface area contributed by atoms with Crippen LogP contribution in [0, 0.1) is 0 Å². The van der Waals surface area contributed by atoms with Crippen molar-refractivity contribution in [2.75, 3.05) is 6.61 Å². The third kappa shape index (κ3) is 38.1. The first-order chi connectivity index (χ1) is 27.0. The van der Waals surface area contributed by atoms with E-state index in [4.69, 9.17) is 0 Å². The maximum absolute atomic E-state index is 12.5. The molecule has 0 aliphatic heterocycles. The summed E-state index contributed by atoms with van der Waals surface area (Å²) in [5.74, 6) is -0.594. The number of carbonyl (C=O) groups is 1. The molecule has 0 aromatic rings. The number of hydrogen-bond acceptors (Lipinski definition) is 5. The fourth-order valence-corrected chi connectivity index (χ4v) is 7.54. The molecule has 0 aliphatic carbocycles. The van der Waals surface area contributed by atoms with Gasteiger partial charge in [0.15, 0.2) is 0 Å². The lowest BCUT2D eigenvalue weighted by Crippen LogP contribution is -2.53. The van der Waals surface area contributed by atoms with Crippen LogP contribution in [0.15, 0.2) is 24.3 Å². The first-order valence-electron chi connectivity index (χ1n) is 24.2. The van der Waals surface area contributed by atoms with Crippen molar-refractivity contribution in [3.05, 3.63) is 24.3 Å². The second kappa shape index (κ2) is 43.9. The molecule has 326 valence electrons. The van der Waals surface area contributed by atoms with Crippen molar-refractivity contribution in [2.24, 2.45) is 0 Å². The van der Waals surface area contributed by atoms with E-state index in [2.05, 4.69) is 43.5 Å². The van der Waals surface area contributed by atoms with Crippen molar-refractivity contribution in [2.45, 2.75) is 276 Å². The lowest BCUT2D eigenvalue weighted by atomic mass is 10.00.